The SMILES string of the molecule is CC.Fc1cccc(-c2nc(CN3CCC(c4cccc(C(F)(F)F)c4)CC3)[nH]c2-c2cccc(F)c2)c1.Fc1cccc(-c2nc(CN3CCN(Cc4ccccc4)CC3)[nH]c2-c2cccc(F)c2)c1. The first-order valence-corrected chi connectivity index (χ1v) is 24.0. The van der Waals surface area contributed by atoms with Gasteiger partial charge in [-0.05, 0) is 97.6 Å². The summed E-state index contributed by atoms with van der Waals surface area (Å²) in [6.45, 7) is 11.4. The first-order valence-electron chi connectivity index (χ1n) is 24.0. The number of hydrogen-bond acceptors (Lipinski definition) is 5. The van der Waals surface area contributed by atoms with E-state index in [9.17, 15) is 30.7 Å². The highest BCUT2D eigenvalue weighted by Crippen LogP contribution is 2.36. The lowest BCUT2D eigenvalue weighted by atomic mass is 9.88. The summed E-state index contributed by atoms with van der Waals surface area (Å²) in [5, 5.41) is 0. The smallest absolute Gasteiger partial charge is 0.340 e. The Labute approximate surface area is 410 Å². The third-order valence-electron chi connectivity index (χ3n) is 12.7. The van der Waals surface area contributed by atoms with Crippen molar-refractivity contribution in [3.8, 4) is 45.0 Å². The normalized spacial score (nSPS) is 14.9. The third kappa shape index (κ3) is 13.3. The molecule has 7 nitrogen and oxygen atoms in total. The number of piperidine rings is 1. The van der Waals surface area contributed by atoms with Gasteiger partial charge in [0.1, 0.15) is 34.9 Å². The number of halogens is 7. The van der Waals surface area contributed by atoms with E-state index in [1.807, 2.05) is 32.0 Å². The molecule has 2 aliphatic rings. The molecule has 0 saturated carbocycles. The van der Waals surface area contributed by atoms with Crippen LogP contribution in [0.2, 0.25) is 0 Å². The first kappa shape index (κ1) is 50.5. The van der Waals surface area contributed by atoms with E-state index in [4.69, 9.17) is 9.97 Å². The minimum Gasteiger partial charge on any atom is -0.340 e. The molecule has 2 fully saturated rings. The van der Waals surface area contributed by atoms with Crippen LogP contribution >= 0.6 is 0 Å². The Kier molecular flexibility index (Phi) is 16.6. The van der Waals surface area contributed by atoms with Gasteiger partial charge in [-0.25, -0.2) is 27.5 Å². The fourth-order valence-corrected chi connectivity index (χ4v) is 9.15. The summed E-state index contributed by atoms with van der Waals surface area (Å²) in [5.41, 5.74) is 6.47. The number of aromatic amines is 2. The number of nitrogens with zero attached hydrogens (tertiary/aromatic N) is 5. The number of benzene rings is 6. The fourth-order valence-electron chi connectivity index (χ4n) is 9.15. The van der Waals surface area contributed by atoms with E-state index in [1.54, 1.807) is 42.5 Å². The Morgan fingerprint density at radius 2 is 0.873 bits per heavy atom. The van der Waals surface area contributed by atoms with E-state index in [-0.39, 0.29) is 29.2 Å². The van der Waals surface area contributed by atoms with E-state index in [2.05, 4.69) is 48.9 Å². The Morgan fingerprint density at radius 3 is 1.32 bits per heavy atom. The lowest BCUT2D eigenvalue weighted by Gasteiger charge is -2.34. The van der Waals surface area contributed by atoms with E-state index in [0.717, 1.165) is 57.5 Å². The van der Waals surface area contributed by atoms with Gasteiger partial charge in [-0.3, -0.25) is 14.7 Å². The first-order chi connectivity index (χ1) is 34.4. The summed E-state index contributed by atoms with van der Waals surface area (Å²) >= 11 is 0. The predicted octanol–water partition coefficient (Wildman–Crippen LogP) is 13.8. The van der Waals surface area contributed by atoms with Crippen molar-refractivity contribution in [3.05, 3.63) is 203 Å². The van der Waals surface area contributed by atoms with Gasteiger partial charge in [-0.15, -0.1) is 0 Å². The van der Waals surface area contributed by atoms with Gasteiger partial charge in [0.05, 0.1) is 41.4 Å². The molecule has 0 radical (unpaired) electrons. The second kappa shape index (κ2) is 23.4. The lowest BCUT2D eigenvalue weighted by molar-refractivity contribution is -0.137. The molecule has 71 heavy (non-hydrogen) atoms. The second-order valence-corrected chi connectivity index (χ2v) is 17.6. The van der Waals surface area contributed by atoms with E-state index in [1.165, 1.54) is 66.2 Å². The van der Waals surface area contributed by atoms with Gasteiger partial charge >= 0.3 is 6.18 Å². The number of alkyl halides is 3. The number of H-pyrrole nitrogens is 2. The molecule has 0 unspecified atom stereocenters. The van der Waals surface area contributed by atoms with Crippen molar-refractivity contribution < 1.29 is 30.7 Å². The summed E-state index contributed by atoms with van der Waals surface area (Å²) in [6, 6.07) is 41.1. The summed E-state index contributed by atoms with van der Waals surface area (Å²) in [4.78, 5) is 23.2. The molecule has 2 N–H and O–H groups in total. The third-order valence-corrected chi connectivity index (χ3v) is 12.7. The standard InChI is InChI=1S/C28H24F5N3.C27H26F2N4.C2H6/c29-23-8-2-5-20(15-23)26-27(21-6-3-9-24(30)16-21)35-25(34-26)17-36-12-10-18(11-13-36)19-4-1-7-22(14-19)28(31,32)33;28-23-10-4-8-21(16-23)26-27(22-9-5-11-24(29)17-22)31-25(30-26)19-33-14-12-32(13-15-33)18-20-6-2-1-3-7-20;1-2/h1-9,14-16,18H,10-13,17H2,(H,34,35);1-11,16-17H,12-15,18-19H2,(H,30,31);1-2H3. The number of nitrogens with one attached hydrogen (secondary N) is 2. The topological polar surface area (TPSA) is 67.1 Å². The van der Waals surface area contributed by atoms with Gasteiger partial charge < -0.3 is 9.97 Å². The zero-order chi connectivity index (χ0) is 49.9. The molecule has 2 aromatic heterocycles. The van der Waals surface area contributed by atoms with Gasteiger partial charge in [0.2, 0.25) is 0 Å². The number of imidazole rings is 2. The molecule has 6 aromatic carbocycles. The number of likely N-dealkylation sites (tertiary alicyclic amines) is 1. The molecule has 10 rings (SSSR count). The van der Waals surface area contributed by atoms with E-state index >= 15 is 0 Å². The van der Waals surface area contributed by atoms with Gasteiger partial charge in [0, 0.05) is 55.0 Å². The Balaban J connectivity index is 0.000000185. The molecular formula is C57H56F7N7. The van der Waals surface area contributed by atoms with Crippen molar-refractivity contribution in [1.29, 1.82) is 0 Å². The Bertz CT molecular complexity index is 2840. The van der Waals surface area contributed by atoms with E-state index in [0.29, 0.717) is 82.6 Å². The summed E-state index contributed by atoms with van der Waals surface area (Å²) < 4.78 is 95.0. The highest BCUT2D eigenvalue weighted by molar-refractivity contribution is 5.79. The van der Waals surface area contributed by atoms with Crippen LogP contribution in [0, 0.1) is 23.3 Å². The monoisotopic (exact) mass is 971 g/mol. The Hall–Kier alpha value is -6.87. The average molecular weight is 972 g/mol. The van der Waals surface area contributed by atoms with Crippen molar-refractivity contribution in [3.63, 3.8) is 0 Å². The molecule has 8 aromatic rings. The van der Waals surface area contributed by atoms with Crippen LogP contribution in [0.25, 0.3) is 45.0 Å². The van der Waals surface area contributed by atoms with Gasteiger partial charge in [0.25, 0.3) is 0 Å². The van der Waals surface area contributed by atoms with E-state index < -0.39 is 11.7 Å². The minimum absolute atomic E-state index is 0.0610. The Morgan fingerprint density at radius 1 is 0.465 bits per heavy atom. The van der Waals surface area contributed by atoms with Crippen molar-refractivity contribution in [2.24, 2.45) is 0 Å². The van der Waals surface area contributed by atoms with Crippen LogP contribution in [0.1, 0.15) is 60.9 Å². The van der Waals surface area contributed by atoms with Gasteiger partial charge in [-0.2, -0.15) is 13.2 Å². The summed E-state index contributed by atoms with van der Waals surface area (Å²) in [6.07, 6.45) is -2.89. The number of hydrogen-bond donors (Lipinski definition) is 2. The maximum Gasteiger partial charge on any atom is 0.416 e. The molecule has 0 amide bonds. The van der Waals surface area contributed by atoms with Crippen LogP contribution < -0.4 is 0 Å². The molecular weight excluding hydrogens is 916 g/mol. The van der Waals surface area contributed by atoms with Crippen LogP contribution in [-0.4, -0.2) is 73.9 Å². The maximum absolute atomic E-state index is 13.9. The summed E-state index contributed by atoms with van der Waals surface area (Å²) in [7, 11) is 0. The highest BCUT2D eigenvalue weighted by atomic mass is 19.4. The van der Waals surface area contributed by atoms with Gasteiger partial charge in [-0.1, -0.05) is 111 Å². The molecule has 14 heteroatoms. The molecule has 0 aliphatic carbocycles. The molecule has 0 bridgehead atoms. The largest absolute Gasteiger partial charge is 0.416 e. The predicted molar refractivity (Wildman–Crippen MR) is 266 cm³/mol. The van der Waals surface area contributed by atoms with Crippen molar-refractivity contribution in [1.82, 2.24) is 34.6 Å². The minimum atomic E-state index is -4.35. The second-order valence-electron chi connectivity index (χ2n) is 17.6. The van der Waals surface area contributed by atoms with Crippen LogP contribution in [0.5, 0.6) is 0 Å². The summed E-state index contributed by atoms with van der Waals surface area (Å²) in [5.74, 6) is 0.103. The zero-order valence-corrected chi connectivity index (χ0v) is 39.7. The molecule has 2 saturated heterocycles. The molecule has 2 aliphatic heterocycles. The number of aromatic nitrogens is 4. The number of piperazine rings is 1. The fraction of sp³-hybridized carbons (Fsp3) is 0.263. The molecule has 0 atom stereocenters. The van der Waals surface area contributed by atoms with Gasteiger partial charge in [0.15, 0.2) is 0 Å². The number of rotatable bonds is 11. The van der Waals surface area contributed by atoms with Crippen LogP contribution in [0.15, 0.2) is 152 Å². The van der Waals surface area contributed by atoms with Crippen molar-refractivity contribution in [2.75, 3.05) is 39.3 Å². The lowest BCUT2D eigenvalue weighted by Crippen LogP contribution is -2.45. The van der Waals surface area contributed by atoms with Crippen LogP contribution in [0.4, 0.5) is 30.7 Å². The van der Waals surface area contributed by atoms with Crippen LogP contribution in [0.3, 0.4) is 0 Å². The molecule has 0 spiro atoms. The van der Waals surface area contributed by atoms with Crippen LogP contribution in [-0.2, 0) is 25.8 Å². The quantitative estimate of drug-likeness (QED) is 0.126. The average Bonchev–Trinajstić information content (AvgIpc) is 4.01. The van der Waals surface area contributed by atoms with Crippen molar-refractivity contribution >= 4 is 0 Å². The zero-order valence-electron chi connectivity index (χ0n) is 39.7. The molecule has 4 heterocycles. The molecule has 368 valence electrons. The maximum atomic E-state index is 13.9. The van der Waals surface area contributed by atoms with Crippen molar-refractivity contribution in [2.45, 2.75) is 58.4 Å². The highest BCUT2D eigenvalue weighted by Gasteiger charge is 2.32.